The summed E-state index contributed by atoms with van der Waals surface area (Å²) in [5, 5.41) is 6.03. The van der Waals surface area contributed by atoms with Crippen molar-refractivity contribution in [3.05, 3.63) is 59.1 Å². The fraction of sp³-hybridized carbons (Fsp3) is 0.300. The van der Waals surface area contributed by atoms with Gasteiger partial charge in [0.25, 0.3) is 0 Å². The Labute approximate surface area is 153 Å². The van der Waals surface area contributed by atoms with Gasteiger partial charge in [0.1, 0.15) is 0 Å². The minimum atomic E-state index is -0.682. The average molecular weight is 359 g/mol. The monoisotopic (exact) mass is 358 g/mol. The summed E-state index contributed by atoms with van der Waals surface area (Å²) in [5.74, 6) is -0.375. The normalized spacial score (nSPS) is 11.3. The van der Waals surface area contributed by atoms with Gasteiger partial charge in [0.2, 0.25) is 11.8 Å². The summed E-state index contributed by atoms with van der Waals surface area (Å²) in [4.78, 5) is 24.5. The molecule has 0 aliphatic heterocycles. The Balaban J connectivity index is 2.14. The Morgan fingerprint density at radius 3 is 2.20 bits per heavy atom. The van der Waals surface area contributed by atoms with Crippen molar-refractivity contribution in [3.63, 3.8) is 0 Å². The van der Waals surface area contributed by atoms with Gasteiger partial charge >= 0.3 is 0 Å². The molecule has 2 N–H and O–H groups in total. The van der Waals surface area contributed by atoms with E-state index in [9.17, 15) is 9.59 Å². The number of halogens is 1. The van der Waals surface area contributed by atoms with Crippen molar-refractivity contribution in [2.24, 2.45) is 5.92 Å². The number of hydrogen-bond donors (Lipinski definition) is 2. The first kappa shape index (κ1) is 19.0. The number of rotatable bonds is 5. The molecular weight excluding hydrogens is 336 g/mol. The maximum Gasteiger partial charge on any atom is 0.234 e. The molecule has 132 valence electrons. The number of carbonyl (C=O) groups excluding carboxylic acids is 2. The molecule has 0 atom stereocenters. The Morgan fingerprint density at radius 1 is 1.00 bits per heavy atom. The second-order valence-corrected chi connectivity index (χ2v) is 7.19. The van der Waals surface area contributed by atoms with Gasteiger partial charge in [-0.25, -0.2) is 0 Å². The summed E-state index contributed by atoms with van der Waals surface area (Å²) in [5.41, 5.74) is 1.36. The zero-order chi connectivity index (χ0) is 18.6. The van der Waals surface area contributed by atoms with E-state index in [0.29, 0.717) is 16.4 Å². The smallest absolute Gasteiger partial charge is 0.234 e. The molecule has 2 aromatic rings. The van der Waals surface area contributed by atoms with Crippen molar-refractivity contribution in [2.75, 3.05) is 10.6 Å². The van der Waals surface area contributed by atoms with Gasteiger partial charge in [-0.2, -0.15) is 0 Å². The third-order valence-corrected chi connectivity index (χ3v) is 4.39. The molecule has 0 saturated carbocycles. The fourth-order valence-electron chi connectivity index (χ4n) is 2.24. The summed E-state index contributed by atoms with van der Waals surface area (Å²) in [7, 11) is 0. The maximum absolute atomic E-state index is 12.7. The van der Waals surface area contributed by atoms with Crippen molar-refractivity contribution in [1.82, 2.24) is 0 Å². The number of hydrogen-bond acceptors (Lipinski definition) is 2. The lowest BCUT2D eigenvalue weighted by Gasteiger charge is -2.24. The van der Waals surface area contributed by atoms with Gasteiger partial charge in [-0.3, -0.25) is 9.59 Å². The number of carbonyl (C=O) groups is 2. The molecule has 0 aliphatic rings. The molecule has 0 heterocycles. The number of anilines is 2. The van der Waals surface area contributed by atoms with E-state index in [1.807, 2.05) is 58.0 Å². The second kappa shape index (κ2) is 7.70. The average Bonchev–Trinajstić information content (AvgIpc) is 2.57. The van der Waals surface area contributed by atoms with E-state index >= 15 is 0 Å². The molecular formula is C20H23ClN2O2. The standard InChI is InChI=1S/C20H23ClN2O2/c1-13(2)18(24)23-17-11-10-15(12-16(17)21)22-19(25)20(3,4)14-8-6-5-7-9-14/h5-13H,1-4H3,(H,22,25)(H,23,24). The van der Waals surface area contributed by atoms with Crippen LogP contribution in [0.3, 0.4) is 0 Å². The molecule has 2 aromatic carbocycles. The highest BCUT2D eigenvalue weighted by Gasteiger charge is 2.29. The largest absolute Gasteiger partial charge is 0.325 e. The first-order valence-electron chi connectivity index (χ1n) is 8.19. The van der Waals surface area contributed by atoms with Crippen LogP contribution in [0, 0.1) is 5.92 Å². The summed E-state index contributed by atoms with van der Waals surface area (Å²) >= 11 is 6.23. The van der Waals surface area contributed by atoms with E-state index in [2.05, 4.69) is 10.6 Å². The molecule has 0 bridgehead atoms. The highest BCUT2D eigenvalue weighted by Crippen LogP contribution is 2.29. The predicted octanol–water partition coefficient (Wildman–Crippen LogP) is 4.85. The topological polar surface area (TPSA) is 58.2 Å². The van der Waals surface area contributed by atoms with E-state index in [0.717, 1.165) is 5.56 Å². The highest BCUT2D eigenvalue weighted by atomic mass is 35.5. The van der Waals surface area contributed by atoms with Gasteiger partial charge in [0.05, 0.1) is 16.1 Å². The third kappa shape index (κ3) is 4.60. The summed E-state index contributed by atoms with van der Waals surface area (Å²) in [6.45, 7) is 7.36. The molecule has 0 unspecified atom stereocenters. The first-order valence-corrected chi connectivity index (χ1v) is 8.57. The molecule has 2 rings (SSSR count). The van der Waals surface area contributed by atoms with Crippen LogP contribution >= 0.6 is 11.6 Å². The number of benzene rings is 2. The van der Waals surface area contributed by atoms with Crippen molar-refractivity contribution in [3.8, 4) is 0 Å². The third-order valence-electron chi connectivity index (χ3n) is 4.07. The Bertz CT molecular complexity index is 771. The maximum atomic E-state index is 12.7. The Morgan fingerprint density at radius 2 is 1.64 bits per heavy atom. The predicted molar refractivity (Wildman–Crippen MR) is 103 cm³/mol. The van der Waals surface area contributed by atoms with Crippen LogP contribution in [0.5, 0.6) is 0 Å². The van der Waals surface area contributed by atoms with Crippen LogP contribution < -0.4 is 10.6 Å². The highest BCUT2D eigenvalue weighted by molar-refractivity contribution is 6.34. The van der Waals surface area contributed by atoms with Crippen LogP contribution in [0.1, 0.15) is 33.3 Å². The molecule has 0 spiro atoms. The Hall–Kier alpha value is -2.33. The van der Waals surface area contributed by atoms with E-state index in [1.54, 1.807) is 18.2 Å². The first-order chi connectivity index (χ1) is 11.7. The molecule has 25 heavy (non-hydrogen) atoms. The van der Waals surface area contributed by atoms with E-state index < -0.39 is 5.41 Å². The lowest BCUT2D eigenvalue weighted by molar-refractivity contribution is -0.120. The lowest BCUT2D eigenvalue weighted by Crippen LogP contribution is -2.34. The number of amides is 2. The molecule has 5 heteroatoms. The quantitative estimate of drug-likeness (QED) is 0.802. The SMILES string of the molecule is CC(C)C(=O)Nc1ccc(NC(=O)C(C)(C)c2ccccc2)cc1Cl. The lowest BCUT2D eigenvalue weighted by atomic mass is 9.83. The number of nitrogens with one attached hydrogen (secondary N) is 2. The zero-order valence-corrected chi connectivity index (χ0v) is 15.6. The van der Waals surface area contributed by atoms with Crippen LogP contribution in [0.25, 0.3) is 0 Å². The van der Waals surface area contributed by atoms with E-state index in [-0.39, 0.29) is 17.7 Å². The van der Waals surface area contributed by atoms with Gasteiger partial charge in [0.15, 0.2) is 0 Å². The van der Waals surface area contributed by atoms with E-state index in [4.69, 9.17) is 11.6 Å². The Kier molecular flexibility index (Phi) is 5.85. The van der Waals surface area contributed by atoms with Crippen LogP contribution in [0.4, 0.5) is 11.4 Å². The van der Waals surface area contributed by atoms with Crippen LogP contribution in [-0.4, -0.2) is 11.8 Å². The van der Waals surface area contributed by atoms with Gasteiger partial charge in [0, 0.05) is 11.6 Å². The fourth-order valence-corrected chi connectivity index (χ4v) is 2.47. The van der Waals surface area contributed by atoms with Gasteiger partial charge < -0.3 is 10.6 Å². The van der Waals surface area contributed by atoms with Crippen molar-refractivity contribution in [1.29, 1.82) is 0 Å². The van der Waals surface area contributed by atoms with E-state index in [1.165, 1.54) is 0 Å². The summed E-state index contributed by atoms with van der Waals surface area (Å²) in [6.07, 6.45) is 0. The molecule has 0 radical (unpaired) electrons. The minimum absolute atomic E-state index is 0.108. The van der Waals surface area contributed by atoms with Crippen LogP contribution in [0.15, 0.2) is 48.5 Å². The minimum Gasteiger partial charge on any atom is -0.325 e. The van der Waals surface area contributed by atoms with Crippen LogP contribution in [0.2, 0.25) is 5.02 Å². The van der Waals surface area contributed by atoms with Gasteiger partial charge in [-0.05, 0) is 37.6 Å². The molecule has 0 saturated heterocycles. The molecule has 0 aliphatic carbocycles. The molecule has 0 aromatic heterocycles. The van der Waals surface area contributed by atoms with Crippen molar-refractivity contribution < 1.29 is 9.59 Å². The van der Waals surface area contributed by atoms with Gasteiger partial charge in [-0.1, -0.05) is 55.8 Å². The van der Waals surface area contributed by atoms with Crippen LogP contribution in [-0.2, 0) is 15.0 Å². The van der Waals surface area contributed by atoms with Gasteiger partial charge in [-0.15, -0.1) is 0 Å². The van der Waals surface area contributed by atoms with Crippen molar-refractivity contribution >= 4 is 34.8 Å². The zero-order valence-electron chi connectivity index (χ0n) is 14.9. The summed E-state index contributed by atoms with van der Waals surface area (Å²) in [6, 6.07) is 14.6. The molecule has 0 fully saturated rings. The summed E-state index contributed by atoms with van der Waals surface area (Å²) < 4.78 is 0. The molecule has 2 amide bonds. The molecule has 4 nitrogen and oxygen atoms in total. The van der Waals surface area contributed by atoms with Crippen molar-refractivity contribution in [2.45, 2.75) is 33.1 Å². The second-order valence-electron chi connectivity index (χ2n) is 6.78.